The summed E-state index contributed by atoms with van der Waals surface area (Å²) in [6.45, 7) is 21.5. The molecule has 0 fully saturated rings. The highest BCUT2D eigenvalue weighted by Gasteiger charge is 2.31. The first-order valence-corrected chi connectivity index (χ1v) is 7.20. The lowest BCUT2D eigenvalue weighted by Gasteiger charge is -2.37. The second kappa shape index (κ2) is 6.38. The van der Waals surface area contributed by atoms with Crippen LogP contribution in [0.4, 0.5) is 0 Å². The fourth-order valence-corrected chi connectivity index (χ4v) is 0.911. The van der Waals surface area contributed by atoms with Crippen molar-refractivity contribution >= 4 is 0 Å². The molecule has 0 saturated carbocycles. The zero-order chi connectivity index (χ0) is 15.4. The van der Waals surface area contributed by atoms with Gasteiger partial charge in [-0.25, -0.2) is 0 Å². The minimum Gasteiger partial charge on any atom is -0.325 e. The molecule has 0 aromatic rings. The highest BCUT2D eigenvalue weighted by Crippen LogP contribution is 2.31. The number of hydrogen-bond donors (Lipinski definition) is 2. The van der Waals surface area contributed by atoms with Crippen LogP contribution in [0.25, 0.3) is 0 Å². The van der Waals surface area contributed by atoms with E-state index >= 15 is 0 Å². The standard InChI is InChI=1S/2C8H19N/c2*1-6-7(2,3)8(4,5)9/h2*6,9H2,1-5H3. The molecule has 0 aliphatic rings. The summed E-state index contributed by atoms with van der Waals surface area (Å²) < 4.78 is 0. The monoisotopic (exact) mass is 258 g/mol. The lowest BCUT2D eigenvalue weighted by Crippen LogP contribution is -2.46. The number of hydrogen-bond acceptors (Lipinski definition) is 2. The van der Waals surface area contributed by atoms with Gasteiger partial charge in [-0.15, -0.1) is 0 Å². The molecule has 0 bridgehead atoms. The van der Waals surface area contributed by atoms with Crippen LogP contribution in [0.5, 0.6) is 0 Å². The van der Waals surface area contributed by atoms with E-state index < -0.39 is 0 Å². The third-order valence-electron chi connectivity index (χ3n) is 5.26. The van der Waals surface area contributed by atoms with Gasteiger partial charge in [-0.3, -0.25) is 0 Å². The van der Waals surface area contributed by atoms with Crippen molar-refractivity contribution in [3.8, 4) is 0 Å². The highest BCUT2D eigenvalue weighted by molar-refractivity contribution is 4.89. The molecule has 112 valence electrons. The maximum absolute atomic E-state index is 5.92. The molecule has 0 aromatic heterocycles. The molecule has 0 aliphatic carbocycles. The van der Waals surface area contributed by atoms with E-state index in [0.717, 1.165) is 12.8 Å². The Morgan fingerprint density at radius 2 is 0.722 bits per heavy atom. The summed E-state index contributed by atoms with van der Waals surface area (Å²) in [4.78, 5) is 0. The Balaban J connectivity index is 0. The van der Waals surface area contributed by atoms with Crippen molar-refractivity contribution < 1.29 is 0 Å². The molecule has 2 heteroatoms. The average Bonchev–Trinajstić information content (AvgIpc) is 2.15. The average molecular weight is 258 g/mol. The third-order valence-corrected chi connectivity index (χ3v) is 5.26. The van der Waals surface area contributed by atoms with Crippen molar-refractivity contribution in [3.63, 3.8) is 0 Å². The van der Waals surface area contributed by atoms with Crippen molar-refractivity contribution in [2.24, 2.45) is 22.3 Å². The zero-order valence-corrected chi connectivity index (χ0v) is 14.6. The molecule has 2 nitrogen and oxygen atoms in total. The van der Waals surface area contributed by atoms with Crippen LogP contribution in [0.3, 0.4) is 0 Å². The highest BCUT2D eigenvalue weighted by atomic mass is 14.7. The Labute approximate surface area is 116 Å². The van der Waals surface area contributed by atoms with Crippen LogP contribution in [0.1, 0.15) is 82.1 Å². The van der Waals surface area contributed by atoms with Crippen LogP contribution in [-0.2, 0) is 0 Å². The Kier molecular flexibility index (Phi) is 7.18. The second-order valence-electron chi connectivity index (χ2n) is 7.92. The van der Waals surface area contributed by atoms with Gasteiger partial charge < -0.3 is 11.5 Å². The summed E-state index contributed by atoms with van der Waals surface area (Å²) >= 11 is 0. The van der Waals surface area contributed by atoms with Gasteiger partial charge in [0.2, 0.25) is 0 Å². The molecule has 0 saturated heterocycles. The molecule has 4 N–H and O–H groups in total. The first-order chi connectivity index (χ1) is 7.62. The number of nitrogens with two attached hydrogens (primary N) is 2. The maximum Gasteiger partial charge on any atom is 0.0148 e. The van der Waals surface area contributed by atoms with Crippen molar-refractivity contribution in [2.45, 2.75) is 93.2 Å². The molecular weight excluding hydrogens is 220 g/mol. The fraction of sp³-hybridized carbons (Fsp3) is 1.00. The van der Waals surface area contributed by atoms with Gasteiger partial charge in [0.05, 0.1) is 0 Å². The van der Waals surface area contributed by atoms with E-state index in [4.69, 9.17) is 11.5 Å². The fourth-order valence-electron chi connectivity index (χ4n) is 0.911. The predicted octanol–water partition coefficient (Wildman–Crippen LogP) is 4.32. The Morgan fingerprint density at radius 1 is 0.556 bits per heavy atom. The molecule has 0 aromatic carbocycles. The lowest BCUT2D eigenvalue weighted by atomic mass is 9.73. The van der Waals surface area contributed by atoms with E-state index in [9.17, 15) is 0 Å². The maximum atomic E-state index is 5.92. The molecule has 0 spiro atoms. The zero-order valence-electron chi connectivity index (χ0n) is 14.6. The van der Waals surface area contributed by atoms with E-state index in [1.54, 1.807) is 0 Å². The first-order valence-electron chi connectivity index (χ1n) is 7.20. The van der Waals surface area contributed by atoms with Crippen molar-refractivity contribution in [1.82, 2.24) is 0 Å². The van der Waals surface area contributed by atoms with Gasteiger partial charge in [-0.1, -0.05) is 41.5 Å². The molecule has 0 amide bonds. The van der Waals surface area contributed by atoms with Crippen molar-refractivity contribution in [1.29, 1.82) is 0 Å². The molecule has 0 rings (SSSR count). The molecule has 18 heavy (non-hydrogen) atoms. The summed E-state index contributed by atoms with van der Waals surface area (Å²) in [5.41, 5.74) is 12.3. The minimum atomic E-state index is -0.0538. The second-order valence-corrected chi connectivity index (χ2v) is 7.92. The van der Waals surface area contributed by atoms with E-state index in [-0.39, 0.29) is 21.9 Å². The quantitative estimate of drug-likeness (QED) is 0.789. The number of rotatable bonds is 4. The van der Waals surface area contributed by atoms with Crippen LogP contribution >= 0.6 is 0 Å². The van der Waals surface area contributed by atoms with Gasteiger partial charge in [-0.05, 0) is 51.4 Å². The van der Waals surface area contributed by atoms with E-state index in [2.05, 4.69) is 69.2 Å². The summed E-state index contributed by atoms with van der Waals surface area (Å²) in [6, 6.07) is 0. The molecule has 0 radical (unpaired) electrons. The van der Waals surface area contributed by atoms with E-state index in [0.29, 0.717) is 0 Å². The van der Waals surface area contributed by atoms with Gasteiger partial charge in [0.15, 0.2) is 0 Å². The Morgan fingerprint density at radius 3 is 0.722 bits per heavy atom. The van der Waals surface area contributed by atoms with Gasteiger partial charge >= 0.3 is 0 Å². The van der Waals surface area contributed by atoms with E-state index in [1.165, 1.54) is 0 Å². The predicted molar refractivity (Wildman–Crippen MR) is 84.7 cm³/mol. The molecule has 0 aliphatic heterocycles. The van der Waals surface area contributed by atoms with Gasteiger partial charge in [0.25, 0.3) is 0 Å². The summed E-state index contributed by atoms with van der Waals surface area (Å²) in [5, 5.41) is 0. The minimum absolute atomic E-state index is 0.0538. The van der Waals surface area contributed by atoms with Crippen LogP contribution in [0.2, 0.25) is 0 Å². The lowest BCUT2D eigenvalue weighted by molar-refractivity contribution is 0.194. The summed E-state index contributed by atoms with van der Waals surface area (Å²) in [6.07, 6.45) is 2.27. The SMILES string of the molecule is CCC(C)(C)C(C)(C)N.CCC(C)(C)C(C)(C)N. The largest absolute Gasteiger partial charge is 0.325 e. The van der Waals surface area contributed by atoms with Crippen LogP contribution in [0, 0.1) is 10.8 Å². The van der Waals surface area contributed by atoms with E-state index in [1.807, 2.05) is 0 Å². The smallest absolute Gasteiger partial charge is 0.0148 e. The Hall–Kier alpha value is -0.0800. The molecule has 0 atom stereocenters. The van der Waals surface area contributed by atoms with Crippen LogP contribution in [-0.4, -0.2) is 11.1 Å². The molecule has 0 heterocycles. The molecular formula is C16H38N2. The summed E-state index contributed by atoms with van der Waals surface area (Å²) in [5.74, 6) is 0. The normalized spacial score (nSPS) is 14.0. The van der Waals surface area contributed by atoms with Crippen LogP contribution < -0.4 is 11.5 Å². The summed E-state index contributed by atoms with van der Waals surface area (Å²) in [7, 11) is 0. The third kappa shape index (κ3) is 6.19. The van der Waals surface area contributed by atoms with Crippen molar-refractivity contribution in [2.75, 3.05) is 0 Å². The van der Waals surface area contributed by atoms with Gasteiger partial charge in [0, 0.05) is 11.1 Å². The molecule has 0 unspecified atom stereocenters. The van der Waals surface area contributed by atoms with Gasteiger partial charge in [-0.2, -0.15) is 0 Å². The first kappa shape index (κ1) is 20.2. The van der Waals surface area contributed by atoms with Crippen molar-refractivity contribution in [3.05, 3.63) is 0 Å². The van der Waals surface area contributed by atoms with Crippen LogP contribution in [0.15, 0.2) is 0 Å². The van der Waals surface area contributed by atoms with Gasteiger partial charge in [0.1, 0.15) is 0 Å². The topological polar surface area (TPSA) is 52.0 Å². The Bertz CT molecular complexity index is 200.